The van der Waals surface area contributed by atoms with Gasteiger partial charge >= 0.3 is 0 Å². The van der Waals surface area contributed by atoms with Gasteiger partial charge in [0.15, 0.2) is 5.82 Å². The van der Waals surface area contributed by atoms with Crippen molar-refractivity contribution >= 4 is 28.2 Å². The summed E-state index contributed by atoms with van der Waals surface area (Å²) >= 11 is 0. The average Bonchev–Trinajstić information content (AvgIpc) is 3.58. The summed E-state index contributed by atoms with van der Waals surface area (Å²) in [6.45, 7) is 3.92. The Kier molecular flexibility index (Phi) is 4.91. The number of nitro benzene ring substituents is 1. The molecule has 6 rings (SSSR count). The molecule has 0 amide bonds. The number of rotatable bonds is 6. The minimum atomic E-state index is -0.362. The number of anilines is 2. The number of nitrogens with zero attached hydrogens (tertiary/aromatic N) is 5. The maximum Gasteiger partial charge on any atom is 0.271 e. The van der Waals surface area contributed by atoms with Crippen LogP contribution in [0.5, 0.6) is 0 Å². The minimum absolute atomic E-state index is 0.0508. The largest absolute Gasteiger partial charge is 0.363 e. The molecule has 4 heterocycles. The van der Waals surface area contributed by atoms with Gasteiger partial charge in [-0.2, -0.15) is 0 Å². The van der Waals surface area contributed by atoms with Crippen molar-refractivity contribution in [2.75, 3.05) is 23.3 Å². The van der Waals surface area contributed by atoms with Crippen molar-refractivity contribution in [3.8, 4) is 5.69 Å². The fourth-order valence-corrected chi connectivity index (χ4v) is 5.11. The third kappa shape index (κ3) is 3.54. The average molecular weight is 456 g/mol. The molecule has 3 atom stereocenters. The van der Waals surface area contributed by atoms with Crippen LogP contribution in [0.3, 0.4) is 0 Å². The number of benzene rings is 2. The number of nitro groups is 1. The molecule has 2 unspecified atom stereocenters. The van der Waals surface area contributed by atoms with Crippen LogP contribution in [-0.4, -0.2) is 44.9 Å². The second kappa shape index (κ2) is 8.11. The fourth-order valence-electron chi connectivity index (χ4n) is 5.11. The van der Waals surface area contributed by atoms with E-state index in [0.717, 1.165) is 42.0 Å². The molecule has 4 aromatic rings. The van der Waals surface area contributed by atoms with Crippen LogP contribution in [0.2, 0.25) is 0 Å². The maximum absolute atomic E-state index is 11.5. The van der Waals surface area contributed by atoms with E-state index in [1.54, 1.807) is 23.0 Å². The van der Waals surface area contributed by atoms with Gasteiger partial charge in [-0.3, -0.25) is 10.1 Å². The molecule has 9 heteroatoms. The molecule has 2 bridgehead atoms. The molecule has 9 nitrogen and oxygen atoms in total. The van der Waals surface area contributed by atoms with E-state index in [0.29, 0.717) is 23.4 Å². The summed E-state index contributed by atoms with van der Waals surface area (Å²) in [6.07, 6.45) is 2.84. The molecule has 0 spiro atoms. The Morgan fingerprint density at radius 1 is 1.18 bits per heavy atom. The smallest absolute Gasteiger partial charge is 0.271 e. The van der Waals surface area contributed by atoms with E-state index in [1.165, 1.54) is 0 Å². The molecule has 34 heavy (non-hydrogen) atoms. The predicted molar refractivity (Wildman–Crippen MR) is 132 cm³/mol. The monoisotopic (exact) mass is 455 g/mol. The molecule has 2 aliphatic rings. The van der Waals surface area contributed by atoms with Gasteiger partial charge < -0.3 is 15.5 Å². The first-order valence-electron chi connectivity index (χ1n) is 11.5. The molecule has 2 fully saturated rings. The van der Waals surface area contributed by atoms with Gasteiger partial charge in [-0.1, -0.05) is 30.3 Å². The lowest BCUT2D eigenvalue weighted by atomic mass is 10.1. The summed E-state index contributed by atoms with van der Waals surface area (Å²) in [4.78, 5) is 18.0. The first-order valence-corrected chi connectivity index (χ1v) is 11.5. The number of hydrogen-bond acceptors (Lipinski definition) is 7. The van der Waals surface area contributed by atoms with Crippen molar-refractivity contribution < 1.29 is 4.92 Å². The Balaban J connectivity index is 1.41. The summed E-state index contributed by atoms with van der Waals surface area (Å²) < 4.78 is 1.80. The quantitative estimate of drug-likeness (QED) is 0.334. The van der Waals surface area contributed by atoms with Crippen molar-refractivity contribution in [3.63, 3.8) is 0 Å². The van der Waals surface area contributed by atoms with E-state index in [9.17, 15) is 10.1 Å². The molecule has 0 aliphatic carbocycles. The van der Waals surface area contributed by atoms with Crippen LogP contribution in [0.1, 0.15) is 24.9 Å². The van der Waals surface area contributed by atoms with Gasteiger partial charge in [-0.25, -0.2) is 9.67 Å². The molecular weight excluding hydrogens is 430 g/mol. The standard InChI is InChI=1S/C25H25N7O2/c1-16(17-5-3-2-4-6-17)28-24-13-19(9-10-26-24)31-23-12-20(32(33)34)7-8-22(23)25(29-31)30-15-18-11-21(30)14-27-18/h2-10,12-13,16,18,21,27H,11,14-15H2,1H3,(H,26,28)/t16-,18?,21?/m0/s1. The molecule has 2 saturated heterocycles. The van der Waals surface area contributed by atoms with Crippen molar-refractivity contribution in [1.82, 2.24) is 20.1 Å². The number of hydrogen-bond donors (Lipinski definition) is 2. The summed E-state index contributed by atoms with van der Waals surface area (Å²) in [5.74, 6) is 1.59. The van der Waals surface area contributed by atoms with Gasteiger partial charge in [0.2, 0.25) is 0 Å². The summed E-state index contributed by atoms with van der Waals surface area (Å²) in [5, 5.41) is 24.4. The van der Waals surface area contributed by atoms with Crippen molar-refractivity contribution in [2.45, 2.75) is 31.5 Å². The van der Waals surface area contributed by atoms with Crippen LogP contribution >= 0.6 is 0 Å². The Hall–Kier alpha value is -3.98. The highest BCUT2D eigenvalue weighted by Crippen LogP contribution is 2.36. The lowest BCUT2D eigenvalue weighted by Crippen LogP contribution is -2.43. The van der Waals surface area contributed by atoms with Gasteiger partial charge in [0.05, 0.1) is 16.1 Å². The molecule has 2 N–H and O–H groups in total. The normalized spacial score (nSPS) is 20.1. The van der Waals surface area contributed by atoms with E-state index in [1.807, 2.05) is 36.4 Å². The highest BCUT2D eigenvalue weighted by molar-refractivity contribution is 5.93. The summed E-state index contributed by atoms with van der Waals surface area (Å²) in [5.41, 5.74) is 2.73. The van der Waals surface area contributed by atoms with Crippen molar-refractivity contribution in [2.24, 2.45) is 0 Å². The Labute approximate surface area is 196 Å². The summed E-state index contributed by atoms with van der Waals surface area (Å²) in [6, 6.07) is 19.9. The number of aromatic nitrogens is 3. The molecule has 2 aliphatic heterocycles. The molecule has 0 radical (unpaired) electrons. The maximum atomic E-state index is 11.5. The number of non-ortho nitro benzene ring substituents is 1. The number of fused-ring (bicyclic) bond motifs is 3. The minimum Gasteiger partial charge on any atom is -0.363 e. The molecule has 2 aromatic carbocycles. The highest BCUT2D eigenvalue weighted by atomic mass is 16.6. The van der Waals surface area contributed by atoms with E-state index >= 15 is 0 Å². The predicted octanol–water partition coefficient (Wildman–Crippen LogP) is 4.05. The van der Waals surface area contributed by atoms with E-state index in [4.69, 9.17) is 5.10 Å². The topological polar surface area (TPSA) is 101 Å². The SMILES string of the molecule is C[C@H](Nc1cc(-n2nc(N3CC4CC3CN4)c3ccc([N+](=O)[O-])cc32)ccn1)c1ccccc1. The van der Waals surface area contributed by atoms with E-state index < -0.39 is 0 Å². The van der Waals surface area contributed by atoms with Gasteiger partial charge in [0.1, 0.15) is 5.82 Å². The van der Waals surface area contributed by atoms with Crippen LogP contribution in [0.4, 0.5) is 17.3 Å². The zero-order valence-electron chi connectivity index (χ0n) is 18.8. The number of nitrogens with one attached hydrogen (secondary N) is 2. The van der Waals surface area contributed by atoms with Crippen LogP contribution in [0, 0.1) is 10.1 Å². The lowest BCUT2D eigenvalue weighted by Gasteiger charge is -2.27. The first-order chi connectivity index (χ1) is 16.6. The second-order valence-electron chi connectivity index (χ2n) is 9.02. The highest BCUT2D eigenvalue weighted by Gasteiger charge is 2.39. The molecule has 2 aromatic heterocycles. The fraction of sp³-hybridized carbons (Fsp3) is 0.280. The van der Waals surface area contributed by atoms with E-state index in [2.05, 4.69) is 39.6 Å². The molecular formula is C25H25N7O2. The van der Waals surface area contributed by atoms with Gasteiger partial charge in [0.25, 0.3) is 5.69 Å². The zero-order valence-corrected chi connectivity index (χ0v) is 18.8. The second-order valence-corrected chi connectivity index (χ2v) is 9.02. The lowest BCUT2D eigenvalue weighted by molar-refractivity contribution is -0.384. The Bertz CT molecular complexity index is 1370. The van der Waals surface area contributed by atoms with Crippen molar-refractivity contribution in [1.29, 1.82) is 0 Å². The van der Waals surface area contributed by atoms with Gasteiger partial charge in [-0.05, 0) is 31.0 Å². The van der Waals surface area contributed by atoms with Crippen LogP contribution in [-0.2, 0) is 0 Å². The Morgan fingerprint density at radius 2 is 2.03 bits per heavy atom. The zero-order chi connectivity index (χ0) is 23.2. The van der Waals surface area contributed by atoms with Gasteiger partial charge in [0, 0.05) is 61.0 Å². The first kappa shape index (κ1) is 20.6. The summed E-state index contributed by atoms with van der Waals surface area (Å²) in [7, 11) is 0. The van der Waals surface area contributed by atoms with Crippen LogP contribution < -0.4 is 15.5 Å². The molecule has 172 valence electrons. The van der Waals surface area contributed by atoms with Crippen molar-refractivity contribution in [3.05, 3.63) is 82.5 Å². The Morgan fingerprint density at radius 3 is 2.76 bits per heavy atom. The molecule has 0 saturated carbocycles. The third-order valence-electron chi connectivity index (χ3n) is 6.84. The number of pyridine rings is 1. The van der Waals surface area contributed by atoms with E-state index in [-0.39, 0.29) is 16.7 Å². The van der Waals surface area contributed by atoms with Crippen LogP contribution in [0.25, 0.3) is 16.6 Å². The third-order valence-corrected chi connectivity index (χ3v) is 6.84. The number of piperazine rings is 1. The van der Waals surface area contributed by atoms with Gasteiger partial charge in [-0.15, -0.1) is 5.10 Å². The van der Waals surface area contributed by atoms with Crippen LogP contribution in [0.15, 0.2) is 66.9 Å².